The Labute approximate surface area is 144 Å². The van der Waals surface area contributed by atoms with E-state index in [4.69, 9.17) is 0 Å². The number of amides is 1. The zero-order valence-electron chi connectivity index (χ0n) is 11.7. The zero-order valence-corrected chi connectivity index (χ0v) is 13.9. The first kappa shape index (κ1) is 17.3. The van der Waals surface area contributed by atoms with Gasteiger partial charge in [-0.25, -0.2) is 13.6 Å². The summed E-state index contributed by atoms with van der Waals surface area (Å²) in [7, 11) is 0. The first-order valence-corrected chi connectivity index (χ1v) is 7.68. The van der Waals surface area contributed by atoms with E-state index in [2.05, 4.69) is 27.9 Å². The highest BCUT2D eigenvalue weighted by Crippen LogP contribution is 2.12. The van der Waals surface area contributed by atoms with Crippen LogP contribution in [0.4, 0.5) is 8.78 Å². The van der Waals surface area contributed by atoms with Crippen molar-refractivity contribution in [3.63, 3.8) is 0 Å². The standard InChI is InChI=1S/C16H12F2INO3/c17-12-5-4-10(8-13(12)18)15(21)20-14(16(22)23)7-9-2-1-3-11(19)6-9/h1-6,8,14H,7H2,(H,20,21)(H,22,23)/t14-/m0/s1. The van der Waals surface area contributed by atoms with Crippen molar-refractivity contribution in [3.8, 4) is 0 Å². The summed E-state index contributed by atoms with van der Waals surface area (Å²) in [5, 5.41) is 11.6. The lowest BCUT2D eigenvalue weighted by Crippen LogP contribution is -2.42. The fourth-order valence-electron chi connectivity index (χ4n) is 1.98. The molecule has 1 atom stereocenters. The maximum Gasteiger partial charge on any atom is 0.326 e. The van der Waals surface area contributed by atoms with Crippen molar-refractivity contribution < 1.29 is 23.5 Å². The lowest BCUT2D eigenvalue weighted by Gasteiger charge is -2.15. The van der Waals surface area contributed by atoms with Gasteiger partial charge in [-0.1, -0.05) is 12.1 Å². The Hall–Kier alpha value is -2.03. The molecule has 0 spiro atoms. The van der Waals surface area contributed by atoms with Gasteiger partial charge >= 0.3 is 5.97 Å². The number of nitrogens with one attached hydrogen (secondary N) is 1. The van der Waals surface area contributed by atoms with Crippen LogP contribution in [0.5, 0.6) is 0 Å². The Morgan fingerprint density at radius 2 is 1.87 bits per heavy atom. The number of carboxylic acids is 1. The first-order valence-electron chi connectivity index (χ1n) is 6.60. The number of carbonyl (C=O) groups excluding carboxylic acids is 1. The van der Waals surface area contributed by atoms with Gasteiger partial charge in [0.15, 0.2) is 11.6 Å². The van der Waals surface area contributed by atoms with Crippen molar-refractivity contribution in [2.75, 3.05) is 0 Å². The molecule has 0 aliphatic carbocycles. The Kier molecular flexibility index (Phi) is 5.64. The van der Waals surface area contributed by atoms with Crippen molar-refractivity contribution in [2.24, 2.45) is 0 Å². The summed E-state index contributed by atoms with van der Waals surface area (Å²) >= 11 is 2.10. The lowest BCUT2D eigenvalue weighted by atomic mass is 10.1. The molecule has 4 nitrogen and oxygen atoms in total. The lowest BCUT2D eigenvalue weighted by molar-refractivity contribution is -0.139. The van der Waals surface area contributed by atoms with E-state index in [-0.39, 0.29) is 12.0 Å². The fraction of sp³-hybridized carbons (Fsp3) is 0.125. The van der Waals surface area contributed by atoms with Gasteiger partial charge in [-0.3, -0.25) is 4.79 Å². The maximum absolute atomic E-state index is 13.2. The first-order chi connectivity index (χ1) is 10.9. The molecule has 2 rings (SSSR count). The molecule has 120 valence electrons. The van der Waals surface area contributed by atoms with E-state index < -0.39 is 29.6 Å². The molecule has 0 aliphatic rings. The highest BCUT2D eigenvalue weighted by atomic mass is 127. The summed E-state index contributed by atoms with van der Waals surface area (Å²) in [4.78, 5) is 23.3. The molecule has 0 aliphatic heterocycles. The normalized spacial score (nSPS) is 11.8. The number of hydrogen-bond acceptors (Lipinski definition) is 2. The SMILES string of the molecule is O=C(N[C@@H](Cc1cccc(I)c1)C(=O)O)c1ccc(F)c(F)c1. The van der Waals surface area contributed by atoms with Crippen molar-refractivity contribution in [2.45, 2.75) is 12.5 Å². The highest BCUT2D eigenvalue weighted by Gasteiger charge is 2.21. The molecule has 0 bridgehead atoms. The number of carboxylic acid groups (broad SMARTS) is 1. The van der Waals surface area contributed by atoms with Crippen LogP contribution >= 0.6 is 22.6 Å². The molecule has 23 heavy (non-hydrogen) atoms. The minimum Gasteiger partial charge on any atom is -0.480 e. The monoisotopic (exact) mass is 431 g/mol. The van der Waals surface area contributed by atoms with Gasteiger partial charge in [0, 0.05) is 15.6 Å². The molecule has 7 heteroatoms. The van der Waals surface area contributed by atoms with E-state index >= 15 is 0 Å². The minimum absolute atomic E-state index is 0.0849. The van der Waals surface area contributed by atoms with Gasteiger partial charge in [0.05, 0.1) is 0 Å². The summed E-state index contributed by atoms with van der Waals surface area (Å²) in [5.41, 5.74) is 0.604. The molecule has 2 N–H and O–H groups in total. The second-order valence-corrected chi connectivity index (χ2v) is 6.07. The summed E-state index contributed by atoms with van der Waals surface area (Å²) < 4.78 is 27.0. The number of halogens is 3. The molecule has 2 aromatic rings. The van der Waals surface area contributed by atoms with Crippen LogP contribution in [-0.4, -0.2) is 23.0 Å². The quantitative estimate of drug-likeness (QED) is 0.716. The van der Waals surface area contributed by atoms with Crippen LogP contribution in [0.3, 0.4) is 0 Å². The third kappa shape index (κ3) is 4.72. The molecule has 0 aromatic heterocycles. The van der Waals surface area contributed by atoms with Crippen molar-refractivity contribution in [3.05, 3.63) is 68.8 Å². The van der Waals surface area contributed by atoms with E-state index in [0.29, 0.717) is 0 Å². The van der Waals surface area contributed by atoms with Gasteiger partial charge in [0.2, 0.25) is 0 Å². The Morgan fingerprint density at radius 3 is 2.48 bits per heavy atom. The number of hydrogen-bond donors (Lipinski definition) is 2. The molecule has 0 unspecified atom stereocenters. The summed E-state index contributed by atoms with van der Waals surface area (Å²) in [6.45, 7) is 0. The second kappa shape index (κ2) is 7.49. The van der Waals surface area contributed by atoms with Crippen LogP contribution in [0.2, 0.25) is 0 Å². The van der Waals surface area contributed by atoms with Crippen LogP contribution in [-0.2, 0) is 11.2 Å². The molecule has 1 amide bonds. The third-order valence-electron chi connectivity index (χ3n) is 3.11. The smallest absolute Gasteiger partial charge is 0.326 e. The van der Waals surface area contributed by atoms with E-state index in [0.717, 1.165) is 27.3 Å². The van der Waals surface area contributed by atoms with Crippen LogP contribution in [0.1, 0.15) is 15.9 Å². The third-order valence-corrected chi connectivity index (χ3v) is 3.79. The summed E-state index contributed by atoms with van der Waals surface area (Å²) in [5.74, 6) is -4.22. The predicted molar refractivity (Wildman–Crippen MR) is 88.1 cm³/mol. The van der Waals surface area contributed by atoms with E-state index in [9.17, 15) is 23.5 Å². The minimum atomic E-state index is -1.21. The van der Waals surface area contributed by atoms with Crippen LogP contribution in [0.15, 0.2) is 42.5 Å². The number of carbonyl (C=O) groups is 2. The average molecular weight is 431 g/mol. The Balaban J connectivity index is 2.14. The van der Waals surface area contributed by atoms with Crippen LogP contribution in [0.25, 0.3) is 0 Å². The largest absolute Gasteiger partial charge is 0.480 e. The van der Waals surface area contributed by atoms with Gasteiger partial charge in [0.25, 0.3) is 5.91 Å². The number of benzene rings is 2. The maximum atomic E-state index is 13.2. The molecule has 2 aromatic carbocycles. The number of rotatable bonds is 5. The van der Waals surface area contributed by atoms with E-state index in [1.54, 1.807) is 18.2 Å². The predicted octanol–water partition coefficient (Wildman–Crippen LogP) is 3.00. The average Bonchev–Trinajstić information content (AvgIpc) is 2.49. The second-order valence-electron chi connectivity index (χ2n) is 4.83. The van der Waals surface area contributed by atoms with Gasteiger partial charge in [-0.15, -0.1) is 0 Å². The van der Waals surface area contributed by atoms with Gasteiger partial charge in [-0.05, 0) is 58.5 Å². The molecule has 0 heterocycles. The molecule has 0 fully saturated rings. The topological polar surface area (TPSA) is 66.4 Å². The molecule has 0 saturated carbocycles. The van der Waals surface area contributed by atoms with Gasteiger partial charge in [-0.2, -0.15) is 0 Å². The highest BCUT2D eigenvalue weighted by molar-refractivity contribution is 14.1. The zero-order chi connectivity index (χ0) is 17.0. The Morgan fingerprint density at radius 1 is 1.13 bits per heavy atom. The summed E-state index contributed by atoms with van der Waals surface area (Å²) in [6, 6.07) is 8.68. The van der Waals surface area contributed by atoms with Gasteiger partial charge < -0.3 is 10.4 Å². The van der Waals surface area contributed by atoms with E-state index in [1.807, 2.05) is 6.07 Å². The molecular formula is C16H12F2INO3. The van der Waals surface area contributed by atoms with Crippen molar-refractivity contribution in [1.82, 2.24) is 5.32 Å². The molecule has 0 saturated heterocycles. The van der Waals surface area contributed by atoms with Gasteiger partial charge in [0.1, 0.15) is 6.04 Å². The van der Waals surface area contributed by atoms with Crippen molar-refractivity contribution >= 4 is 34.5 Å². The Bertz CT molecular complexity index is 752. The number of aliphatic carboxylic acids is 1. The fourth-order valence-corrected chi connectivity index (χ4v) is 2.59. The van der Waals surface area contributed by atoms with E-state index in [1.165, 1.54) is 0 Å². The molecule has 0 radical (unpaired) electrons. The van der Waals surface area contributed by atoms with Crippen LogP contribution in [0, 0.1) is 15.2 Å². The molecular weight excluding hydrogens is 419 g/mol. The van der Waals surface area contributed by atoms with Crippen LogP contribution < -0.4 is 5.32 Å². The summed E-state index contributed by atoms with van der Waals surface area (Å²) in [6.07, 6.45) is 0.0849. The van der Waals surface area contributed by atoms with Crippen molar-refractivity contribution in [1.29, 1.82) is 0 Å².